The molecule has 32 heavy (non-hydrogen) atoms. The summed E-state index contributed by atoms with van der Waals surface area (Å²) in [5.41, 5.74) is 1.92. The van der Waals surface area contributed by atoms with Crippen molar-refractivity contribution in [3.8, 4) is 0 Å². The van der Waals surface area contributed by atoms with Crippen molar-refractivity contribution in [3.63, 3.8) is 0 Å². The molecule has 1 aliphatic heterocycles. The van der Waals surface area contributed by atoms with E-state index in [2.05, 4.69) is 10.6 Å². The van der Waals surface area contributed by atoms with E-state index in [4.69, 9.17) is 11.6 Å². The molecule has 0 aromatic heterocycles. The number of amides is 1. The Hall–Kier alpha value is -2.99. The average molecular weight is 457 g/mol. The van der Waals surface area contributed by atoms with Crippen LogP contribution < -0.4 is 10.6 Å². The van der Waals surface area contributed by atoms with E-state index >= 15 is 0 Å². The van der Waals surface area contributed by atoms with Gasteiger partial charge in [-0.3, -0.25) is 9.59 Å². The van der Waals surface area contributed by atoms with Gasteiger partial charge in [-0.15, -0.1) is 0 Å². The molecule has 2 aromatic carbocycles. The lowest BCUT2D eigenvalue weighted by Crippen LogP contribution is -2.39. The molecule has 4 nitrogen and oxygen atoms in total. The minimum absolute atomic E-state index is 0.0661. The highest BCUT2D eigenvalue weighted by molar-refractivity contribution is 6.30. The zero-order chi connectivity index (χ0) is 23.2. The van der Waals surface area contributed by atoms with E-state index in [0.717, 1.165) is 17.8 Å². The highest BCUT2D eigenvalue weighted by Crippen LogP contribution is 2.47. The number of carbonyl (C=O) groups excluding carboxylic acids is 2. The van der Waals surface area contributed by atoms with Crippen LogP contribution in [0.2, 0.25) is 5.02 Å². The predicted octanol–water partition coefficient (Wildman–Crippen LogP) is 5.86. The first kappa shape index (κ1) is 22.2. The molecule has 0 radical (unpaired) electrons. The van der Waals surface area contributed by atoms with Crippen LogP contribution in [0.5, 0.6) is 0 Å². The molecule has 2 aliphatic rings. The molecule has 4 rings (SSSR count). The second-order valence-corrected chi connectivity index (χ2v) is 9.47. The summed E-state index contributed by atoms with van der Waals surface area (Å²) in [5.74, 6) is -3.22. The van der Waals surface area contributed by atoms with Gasteiger partial charge < -0.3 is 10.6 Å². The number of benzene rings is 2. The molecule has 1 aliphatic carbocycles. The maximum Gasteiger partial charge on any atom is 0.254 e. The molecule has 7 heteroatoms. The Balaban J connectivity index is 1.84. The maximum absolute atomic E-state index is 14.2. The summed E-state index contributed by atoms with van der Waals surface area (Å²) in [6.45, 7) is 5.76. The van der Waals surface area contributed by atoms with Crippen LogP contribution in [0.4, 0.5) is 14.5 Å². The lowest BCUT2D eigenvalue weighted by molar-refractivity contribution is -0.118. The fraction of sp³-hybridized carbons (Fsp3) is 0.280. The van der Waals surface area contributed by atoms with Gasteiger partial charge in [-0.05, 0) is 48.6 Å². The quantitative estimate of drug-likeness (QED) is 0.608. The predicted molar refractivity (Wildman–Crippen MR) is 120 cm³/mol. The number of hydrogen-bond acceptors (Lipinski definition) is 3. The molecule has 0 bridgehead atoms. The van der Waals surface area contributed by atoms with Crippen molar-refractivity contribution < 1.29 is 18.4 Å². The number of anilines is 1. The highest BCUT2D eigenvalue weighted by atomic mass is 35.5. The molecule has 0 fully saturated rings. The van der Waals surface area contributed by atoms with Crippen LogP contribution in [-0.2, 0) is 9.59 Å². The number of halogens is 3. The van der Waals surface area contributed by atoms with Gasteiger partial charge in [0.2, 0.25) is 0 Å². The van der Waals surface area contributed by atoms with Crippen LogP contribution in [0.15, 0.2) is 65.0 Å². The van der Waals surface area contributed by atoms with Crippen LogP contribution in [0, 0.1) is 17.0 Å². The summed E-state index contributed by atoms with van der Waals surface area (Å²) in [5, 5.41) is 6.05. The number of carbonyl (C=O) groups is 2. The Morgan fingerprint density at radius 2 is 1.78 bits per heavy atom. The van der Waals surface area contributed by atoms with E-state index in [9.17, 15) is 18.4 Å². The number of para-hydroxylation sites is 1. The third kappa shape index (κ3) is 4.07. The number of rotatable bonds is 3. The van der Waals surface area contributed by atoms with Crippen LogP contribution in [0.1, 0.15) is 45.1 Å². The smallest absolute Gasteiger partial charge is 0.254 e. The minimum Gasteiger partial charge on any atom is -0.362 e. The maximum atomic E-state index is 14.2. The van der Waals surface area contributed by atoms with Crippen molar-refractivity contribution in [2.45, 2.75) is 39.5 Å². The van der Waals surface area contributed by atoms with Gasteiger partial charge in [0.25, 0.3) is 5.91 Å². The second kappa shape index (κ2) is 8.17. The monoisotopic (exact) mass is 456 g/mol. The molecule has 2 N–H and O–H groups in total. The molecule has 0 saturated heterocycles. The summed E-state index contributed by atoms with van der Waals surface area (Å²) < 4.78 is 28.4. The van der Waals surface area contributed by atoms with Crippen LogP contribution in [0.3, 0.4) is 0 Å². The van der Waals surface area contributed by atoms with Crippen LogP contribution in [-0.4, -0.2) is 11.7 Å². The summed E-state index contributed by atoms with van der Waals surface area (Å²) >= 11 is 6.22. The second-order valence-electron chi connectivity index (χ2n) is 9.04. The van der Waals surface area contributed by atoms with E-state index in [-0.39, 0.29) is 16.8 Å². The van der Waals surface area contributed by atoms with E-state index in [1.54, 1.807) is 31.2 Å². The van der Waals surface area contributed by atoms with E-state index < -0.39 is 29.1 Å². The Morgan fingerprint density at radius 3 is 2.44 bits per heavy atom. The third-order valence-electron chi connectivity index (χ3n) is 5.87. The fourth-order valence-electron chi connectivity index (χ4n) is 4.55. The van der Waals surface area contributed by atoms with Gasteiger partial charge in [-0.25, -0.2) is 8.78 Å². The number of allylic oxidation sites excluding steroid dienone is 3. The van der Waals surface area contributed by atoms with Crippen molar-refractivity contribution in [1.82, 2.24) is 5.32 Å². The molecule has 1 atom stereocenters. The van der Waals surface area contributed by atoms with Gasteiger partial charge >= 0.3 is 0 Å². The molecule has 166 valence electrons. The number of Topliss-reactive ketones (excluding diaryl/α,β-unsaturated/α-hetero) is 1. The molecule has 1 heterocycles. The van der Waals surface area contributed by atoms with Crippen molar-refractivity contribution in [2.24, 2.45) is 5.41 Å². The fourth-order valence-corrected chi connectivity index (χ4v) is 4.75. The van der Waals surface area contributed by atoms with E-state index in [0.29, 0.717) is 34.7 Å². The molecule has 1 unspecified atom stereocenters. The number of dihydropyridines is 1. The van der Waals surface area contributed by atoms with Gasteiger partial charge in [-0.1, -0.05) is 43.6 Å². The average Bonchev–Trinajstić information content (AvgIpc) is 2.68. The zero-order valence-electron chi connectivity index (χ0n) is 18.0. The first-order valence-electron chi connectivity index (χ1n) is 10.3. The molecular weight excluding hydrogens is 434 g/mol. The van der Waals surface area contributed by atoms with Crippen molar-refractivity contribution in [2.75, 3.05) is 5.32 Å². The van der Waals surface area contributed by atoms with E-state index in [1.807, 2.05) is 13.8 Å². The Morgan fingerprint density at radius 1 is 1.12 bits per heavy atom. The summed E-state index contributed by atoms with van der Waals surface area (Å²) in [7, 11) is 0. The molecular formula is C25H23ClF2N2O2. The summed E-state index contributed by atoms with van der Waals surface area (Å²) in [4.78, 5) is 26.6. The Kier molecular flexibility index (Phi) is 5.67. The minimum atomic E-state index is -0.880. The normalized spacial score (nSPS) is 20.1. The van der Waals surface area contributed by atoms with Crippen LogP contribution in [0.25, 0.3) is 0 Å². The topological polar surface area (TPSA) is 58.2 Å². The van der Waals surface area contributed by atoms with Gasteiger partial charge in [0, 0.05) is 39.9 Å². The summed E-state index contributed by atoms with van der Waals surface area (Å²) in [6.07, 6.45) is 0.972. The van der Waals surface area contributed by atoms with Gasteiger partial charge in [-0.2, -0.15) is 0 Å². The Labute approximate surface area is 190 Å². The number of nitrogens with one attached hydrogen (secondary N) is 2. The van der Waals surface area contributed by atoms with E-state index in [1.165, 1.54) is 6.07 Å². The molecule has 0 spiro atoms. The lowest BCUT2D eigenvalue weighted by Gasteiger charge is -2.39. The molecule has 2 aromatic rings. The molecule has 1 amide bonds. The summed E-state index contributed by atoms with van der Waals surface area (Å²) in [6, 6.07) is 10.3. The first-order chi connectivity index (χ1) is 15.1. The molecule has 0 saturated carbocycles. The van der Waals surface area contributed by atoms with Gasteiger partial charge in [0.15, 0.2) is 5.78 Å². The first-order valence-corrected chi connectivity index (χ1v) is 10.7. The standard InChI is InChI=1S/C25H23ClF2N2O2/c1-13-20(24(32)30-23-16(27)8-5-9-17(23)28)21(14-6-4-7-15(26)10-14)22-18(29-13)11-25(2,3)12-19(22)31/h4-10,21,29H,11-12H2,1-3H3,(H,30,32). The number of hydrogen-bond donors (Lipinski definition) is 2. The lowest BCUT2D eigenvalue weighted by atomic mass is 9.68. The Bertz CT molecular complexity index is 1180. The van der Waals surface area contributed by atoms with Crippen molar-refractivity contribution in [1.29, 1.82) is 0 Å². The highest BCUT2D eigenvalue weighted by Gasteiger charge is 2.42. The van der Waals surface area contributed by atoms with Gasteiger partial charge in [0.1, 0.15) is 17.3 Å². The van der Waals surface area contributed by atoms with Crippen LogP contribution >= 0.6 is 11.6 Å². The number of ketones is 1. The largest absolute Gasteiger partial charge is 0.362 e. The SMILES string of the molecule is CC1=C(C(=O)Nc2c(F)cccc2F)C(c2cccc(Cl)c2)C2=C(CC(C)(C)CC2=O)N1. The van der Waals surface area contributed by atoms with Crippen molar-refractivity contribution in [3.05, 3.63) is 87.2 Å². The van der Waals surface area contributed by atoms with Gasteiger partial charge in [0.05, 0.1) is 0 Å². The zero-order valence-corrected chi connectivity index (χ0v) is 18.7. The van der Waals surface area contributed by atoms with Crippen molar-refractivity contribution >= 4 is 29.0 Å². The third-order valence-corrected chi connectivity index (χ3v) is 6.10.